The van der Waals surface area contributed by atoms with Gasteiger partial charge in [-0.05, 0) is 42.7 Å². The number of allylic oxidation sites excluding steroid dienone is 6. The van der Waals surface area contributed by atoms with Gasteiger partial charge in [0, 0.05) is 12.0 Å². The smallest absolute Gasteiger partial charge is 0.223 e. The first-order valence-corrected chi connectivity index (χ1v) is 9.72. The predicted octanol–water partition coefficient (Wildman–Crippen LogP) is 6.03. The molecule has 0 aliphatic rings. The lowest BCUT2D eigenvalue weighted by Gasteiger charge is -2.29. The molecule has 1 rings (SSSR count). The zero-order valence-electron chi connectivity index (χ0n) is 17.4. The van der Waals surface area contributed by atoms with Crippen LogP contribution in [0.5, 0.6) is 0 Å². The second-order valence-corrected chi connectivity index (χ2v) is 8.11. The summed E-state index contributed by atoms with van der Waals surface area (Å²) in [7, 11) is 0. The molecule has 0 spiro atoms. The topological polar surface area (TPSA) is 29.1 Å². The third kappa shape index (κ3) is 9.23. The lowest BCUT2D eigenvalue weighted by Crippen LogP contribution is -2.39. The Hall–Kier alpha value is -2.35. The standard InChI is InChI=1S/C25H35NO/c1-7-9-11-14-22(8-2)17-20(3)24(27)26-21(4)18-25(5,6)19-23-15-12-10-13-16-23/h7-16,20-21H,1-2,17-19H2,3-6H3,(H,26,27)/b11-9-,22-14+. The fraction of sp³-hybridized carbons (Fsp3) is 0.400. The van der Waals surface area contributed by atoms with Crippen LogP contribution in [0.3, 0.4) is 0 Å². The first-order chi connectivity index (χ1) is 12.8. The highest BCUT2D eigenvalue weighted by molar-refractivity contribution is 5.79. The van der Waals surface area contributed by atoms with Crippen molar-refractivity contribution in [1.82, 2.24) is 5.32 Å². The summed E-state index contributed by atoms with van der Waals surface area (Å²) in [6.45, 7) is 16.1. The molecule has 1 aromatic carbocycles. The van der Waals surface area contributed by atoms with Crippen molar-refractivity contribution in [3.63, 3.8) is 0 Å². The van der Waals surface area contributed by atoms with Crippen LogP contribution in [0.2, 0.25) is 0 Å². The Balaban J connectivity index is 2.56. The Morgan fingerprint density at radius 1 is 1.15 bits per heavy atom. The van der Waals surface area contributed by atoms with Crippen molar-refractivity contribution in [2.75, 3.05) is 0 Å². The van der Waals surface area contributed by atoms with Gasteiger partial charge < -0.3 is 5.32 Å². The van der Waals surface area contributed by atoms with Gasteiger partial charge in [0.05, 0.1) is 0 Å². The zero-order valence-corrected chi connectivity index (χ0v) is 17.4. The second kappa shape index (κ2) is 11.4. The summed E-state index contributed by atoms with van der Waals surface area (Å²) in [4.78, 5) is 12.6. The maximum Gasteiger partial charge on any atom is 0.223 e. The quantitative estimate of drug-likeness (QED) is 0.477. The van der Waals surface area contributed by atoms with E-state index in [1.54, 1.807) is 6.08 Å². The summed E-state index contributed by atoms with van der Waals surface area (Å²) in [6, 6.07) is 10.7. The highest BCUT2D eigenvalue weighted by Gasteiger charge is 2.24. The van der Waals surface area contributed by atoms with Crippen LogP contribution >= 0.6 is 0 Å². The van der Waals surface area contributed by atoms with E-state index >= 15 is 0 Å². The molecule has 0 heterocycles. The summed E-state index contributed by atoms with van der Waals surface area (Å²) >= 11 is 0. The normalized spacial score (nSPS) is 14.6. The summed E-state index contributed by atoms with van der Waals surface area (Å²) in [5, 5.41) is 3.18. The minimum atomic E-state index is -0.0916. The van der Waals surface area contributed by atoms with Gasteiger partial charge in [-0.1, -0.05) is 94.6 Å². The molecule has 1 N–H and O–H groups in total. The van der Waals surface area contributed by atoms with Crippen LogP contribution in [0.1, 0.15) is 46.1 Å². The number of hydrogen-bond donors (Lipinski definition) is 1. The molecule has 0 bridgehead atoms. The average molecular weight is 366 g/mol. The molecule has 0 radical (unpaired) electrons. The number of rotatable bonds is 11. The molecule has 2 unspecified atom stereocenters. The maximum absolute atomic E-state index is 12.6. The molecule has 0 fully saturated rings. The summed E-state index contributed by atoms with van der Waals surface area (Å²) in [5.41, 5.74) is 2.51. The van der Waals surface area contributed by atoms with Crippen molar-refractivity contribution in [1.29, 1.82) is 0 Å². The van der Waals surface area contributed by atoms with E-state index in [1.165, 1.54) is 5.56 Å². The lowest BCUT2D eigenvalue weighted by atomic mass is 9.80. The molecule has 27 heavy (non-hydrogen) atoms. The number of carbonyl (C=O) groups excluding carboxylic acids is 1. The molecular formula is C25H35NO. The predicted molar refractivity (Wildman–Crippen MR) is 118 cm³/mol. The van der Waals surface area contributed by atoms with Crippen molar-refractivity contribution < 1.29 is 4.79 Å². The highest BCUT2D eigenvalue weighted by Crippen LogP contribution is 2.27. The van der Waals surface area contributed by atoms with E-state index in [1.807, 2.05) is 37.3 Å². The van der Waals surface area contributed by atoms with Gasteiger partial charge in [-0.15, -0.1) is 0 Å². The molecule has 0 aliphatic carbocycles. The molecule has 2 atom stereocenters. The van der Waals surface area contributed by atoms with Crippen molar-refractivity contribution in [3.8, 4) is 0 Å². The third-order valence-electron chi connectivity index (χ3n) is 4.58. The fourth-order valence-corrected chi connectivity index (χ4v) is 3.41. The number of amides is 1. The number of benzene rings is 1. The van der Waals surface area contributed by atoms with Gasteiger partial charge in [0.15, 0.2) is 0 Å². The second-order valence-electron chi connectivity index (χ2n) is 8.11. The minimum absolute atomic E-state index is 0.0916. The van der Waals surface area contributed by atoms with E-state index in [4.69, 9.17) is 0 Å². The fourth-order valence-electron chi connectivity index (χ4n) is 3.41. The Morgan fingerprint density at radius 2 is 1.81 bits per heavy atom. The monoisotopic (exact) mass is 365 g/mol. The SMILES string of the molecule is C=C/C=C\C=C(/C=C)CC(C)C(=O)NC(C)CC(C)(C)Cc1ccccc1. The van der Waals surface area contributed by atoms with Crippen LogP contribution in [0.4, 0.5) is 0 Å². The van der Waals surface area contributed by atoms with E-state index in [9.17, 15) is 4.79 Å². The first-order valence-electron chi connectivity index (χ1n) is 9.72. The van der Waals surface area contributed by atoms with Gasteiger partial charge in [0.1, 0.15) is 0 Å². The molecule has 146 valence electrons. The van der Waals surface area contributed by atoms with E-state index in [0.29, 0.717) is 6.42 Å². The molecule has 0 aromatic heterocycles. The zero-order chi connectivity index (χ0) is 20.3. The molecule has 1 amide bonds. The molecule has 2 nitrogen and oxygen atoms in total. The summed E-state index contributed by atoms with van der Waals surface area (Å²) in [5.74, 6) is 0.00419. The van der Waals surface area contributed by atoms with Gasteiger partial charge in [-0.25, -0.2) is 0 Å². The average Bonchev–Trinajstić information content (AvgIpc) is 2.60. The van der Waals surface area contributed by atoms with Gasteiger partial charge >= 0.3 is 0 Å². The van der Waals surface area contributed by atoms with Crippen molar-refractivity contribution in [2.24, 2.45) is 11.3 Å². The molecule has 0 saturated heterocycles. The molecule has 2 heteroatoms. The Bertz CT molecular complexity index is 667. The Morgan fingerprint density at radius 3 is 2.41 bits per heavy atom. The number of hydrogen-bond acceptors (Lipinski definition) is 1. The molecular weight excluding hydrogens is 330 g/mol. The van der Waals surface area contributed by atoms with Crippen LogP contribution in [0.15, 0.2) is 79.4 Å². The van der Waals surface area contributed by atoms with E-state index in [2.05, 4.69) is 63.5 Å². The summed E-state index contributed by atoms with van der Waals surface area (Å²) < 4.78 is 0. The van der Waals surface area contributed by atoms with Crippen LogP contribution < -0.4 is 5.32 Å². The van der Waals surface area contributed by atoms with E-state index in [0.717, 1.165) is 18.4 Å². The van der Waals surface area contributed by atoms with Crippen LogP contribution in [0, 0.1) is 11.3 Å². The maximum atomic E-state index is 12.6. The van der Waals surface area contributed by atoms with Gasteiger partial charge in [0.2, 0.25) is 5.91 Å². The Labute approximate surface area is 165 Å². The van der Waals surface area contributed by atoms with Crippen LogP contribution in [-0.2, 0) is 11.2 Å². The molecule has 0 aliphatic heterocycles. The molecule has 0 saturated carbocycles. The van der Waals surface area contributed by atoms with Gasteiger partial charge in [-0.2, -0.15) is 0 Å². The van der Waals surface area contributed by atoms with Crippen molar-refractivity contribution in [3.05, 3.63) is 85.0 Å². The largest absolute Gasteiger partial charge is 0.353 e. The van der Waals surface area contributed by atoms with Gasteiger partial charge in [0.25, 0.3) is 0 Å². The highest BCUT2D eigenvalue weighted by atomic mass is 16.1. The Kier molecular flexibility index (Phi) is 9.56. The number of carbonyl (C=O) groups is 1. The lowest BCUT2D eigenvalue weighted by molar-refractivity contribution is -0.125. The van der Waals surface area contributed by atoms with E-state index < -0.39 is 0 Å². The summed E-state index contributed by atoms with van der Waals surface area (Å²) in [6.07, 6.45) is 11.9. The first kappa shape index (κ1) is 22.7. The van der Waals surface area contributed by atoms with E-state index in [-0.39, 0.29) is 23.3 Å². The molecule has 1 aromatic rings. The van der Waals surface area contributed by atoms with Crippen LogP contribution in [0.25, 0.3) is 0 Å². The third-order valence-corrected chi connectivity index (χ3v) is 4.58. The van der Waals surface area contributed by atoms with Crippen molar-refractivity contribution in [2.45, 2.75) is 53.0 Å². The van der Waals surface area contributed by atoms with Crippen LogP contribution in [-0.4, -0.2) is 11.9 Å². The number of nitrogens with one attached hydrogen (secondary N) is 1. The van der Waals surface area contributed by atoms with Crippen molar-refractivity contribution >= 4 is 5.91 Å². The minimum Gasteiger partial charge on any atom is -0.353 e. The van der Waals surface area contributed by atoms with Gasteiger partial charge in [-0.3, -0.25) is 4.79 Å².